The van der Waals surface area contributed by atoms with Crippen LogP contribution in [-0.2, 0) is 13.1 Å². The number of aromatic nitrogens is 1. The van der Waals surface area contributed by atoms with E-state index in [2.05, 4.69) is 12.2 Å². The Hall–Kier alpha value is -3.05. The molecular formula is C23H23ClN2O3. The highest BCUT2D eigenvalue weighted by molar-refractivity contribution is 6.31. The van der Waals surface area contributed by atoms with Gasteiger partial charge in [-0.1, -0.05) is 48.9 Å². The van der Waals surface area contributed by atoms with Crippen LogP contribution >= 0.6 is 11.6 Å². The monoisotopic (exact) mass is 410 g/mol. The molecule has 0 saturated heterocycles. The van der Waals surface area contributed by atoms with Crippen LogP contribution in [0.1, 0.15) is 34.8 Å². The summed E-state index contributed by atoms with van der Waals surface area (Å²) < 4.78 is 7.04. The second kappa shape index (κ2) is 9.94. The van der Waals surface area contributed by atoms with Gasteiger partial charge in [-0.3, -0.25) is 9.59 Å². The number of amides is 1. The maximum atomic E-state index is 12.5. The van der Waals surface area contributed by atoms with Gasteiger partial charge in [0.2, 0.25) is 0 Å². The maximum Gasteiger partial charge on any atom is 0.253 e. The van der Waals surface area contributed by atoms with Crippen LogP contribution in [0, 0.1) is 0 Å². The van der Waals surface area contributed by atoms with Gasteiger partial charge < -0.3 is 14.6 Å². The highest BCUT2D eigenvalue weighted by atomic mass is 35.5. The summed E-state index contributed by atoms with van der Waals surface area (Å²) in [4.78, 5) is 24.7. The zero-order valence-corrected chi connectivity index (χ0v) is 17.0. The summed E-state index contributed by atoms with van der Waals surface area (Å²) >= 11 is 6.18. The van der Waals surface area contributed by atoms with Crippen LogP contribution in [0.3, 0.4) is 0 Å². The lowest BCUT2D eigenvalue weighted by Gasteiger charge is -2.11. The second-order valence-electron chi connectivity index (χ2n) is 6.65. The Morgan fingerprint density at radius 2 is 1.83 bits per heavy atom. The molecule has 0 saturated carbocycles. The summed E-state index contributed by atoms with van der Waals surface area (Å²) in [7, 11) is 0. The molecule has 0 radical (unpaired) electrons. The molecular weight excluding hydrogens is 388 g/mol. The number of nitrogens with zero attached hydrogens (tertiary/aromatic N) is 1. The van der Waals surface area contributed by atoms with Crippen LogP contribution in [0.4, 0.5) is 0 Å². The van der Waals surface area contributed by atoms with Crippen molar-refractivity contribution in [3.63, 3.8) is 0 Å². The summed E-state index contributed by atoms with van der Waals surface area (Å²) in [5.41, 5.74) is 2.01. The Morgan fingerprint density at radius 1 is 1.07 bits per heavy atom. The quantitative estimate of drug-likeness (QED) is 0.603. The summed E-state index contributed by atoms with van der Waals surface area (Å²) in [5.74, 6) is 0.567. The molecule has 0 spiro atoms. The molecule has 0 aliphatic rings. The minimum atomic E-state index is -0.246. The lowest BCUT2D eigenvalue weighted by atomic mass is 10.2. The van der Waals surface area contributed by atoms with Crippen molar-refractivity contribution < 1.29 is 9.53 Å². The summed E-state index contributed by atoms with van der Waals surface area (Å²) in [6, 6.07) is 17.9. The van der Waals surface area contributed by atoms with Gasteiger partial charge in [-0.25, -0.2) is 0 Å². The molecule has 0 aliphatic carbocycles. The molecule has 150 valence electrons. The Morgan fingerprint density at radius 3 is 2.55 bits per heavy atom. The van der Waals surface area contributed by atoms with Crippen molar-refractivity contribution in [3.05, 3.63) is 98.9 Å². The summed E-state index contributed by atoms with van der Waals surface area (Å²) in [6.45, 7) is 3.43. The molecule has 1 heterocycles. The lowest BCUT2D eigenvalue weighted by molar-refractivity contribution is 0.0950. The molecule has 5 nitrogen and oxygen atoms in total. The molecule has 3 rings (SSSR count). The number of hydrogen-bond acceptors (Lipinski definition) is 3. The Bertz CT molecular complexity index is 1030. The van der Waals surface area contributed by atoms with Crippen molar-refractivity contribution in [2.24, 2.45) is 0 Å². The fraction of sp³-hybridized carbons (Fsp3) is 0.217. The lowest BCUT2D eigenvalue weighted by Crippen LogP contribution is -2.26. The minimum absolute atomic E-state index is 0.191. The van der Waals surface area contributed by atoms with E-state index in [1.807, 2.05) is 42.5 Å². The summed E-state index contributed by atoms with van der Waals surface area (Å²) in [5, 5.41) is 3.46. The highest BCUT2D eigenvalue weighted by Gasteiger charge is 2.09. The SMILES string of the molecule is CCCOc1ccc(CNC(=O)c2ccc(=O)n(Cc3ccccc3Cl)c2)cc1. The zero-order chi connectivity index (χ0) is 20.6. The van der Waals surface area contributed by atoms with Gasteiger partial charge in [0, 0.05) is 23.8 Å². The fourth-order valence-corrected chi connectivity index (χ4v) is 3.00. The van der Waals surface area contributed by atoms with E-state index >= 15 is 0 Å². The third-order valence-electron chi connectivity index (χ3n) is 4.39. The molecule has 6 heteroatoms. The zero-order valence-electron chi connectivity index (χ0n) is 16.2. The first-order valence-electron chi connectivity index (χ1n) is 9.50. The molecule has 2 aromatic carbocycles. The van der Waals surface area contributed by atoms with Gasteiger partial charge in [-0.05, 0) is 41.8 Å². The topological polar surface area (TPSA) is 60.3 Å². The van der Waals surface area contributed by atoms with E-state index in [4.69, 9.17) is 16.3 Å². The molecule has 0 fully saturated rings. The molecule has 0 atom stereocenters. The van der Waals surface area contributed by atoms with Crippen molar-refractivity contribution in [1.82, 2.24) is 9.88 Å². The van der Waals surface area contributed by atoms with Crippen LogP contribution in [0.15, 0.2) is 71.7 Å². The predicted molar refractivity (Wildman–Crippen MR) is 115 cm³/mol. The van der Waals surface area contributed by atoms with Gasteiger partial charge in [0.05, 0.1) is 18.7 Å². The maximum absolute atomic E-state index is 12.5. The number of rotatable bonds is 8. The first kappa shape index (κ1) is 20.7. The molecule has 0 unspecified atom stereocenters. The number of carbonyl (C=O) groups excluding carboxylic acids is 1. The first-order valence-corrected chi connectivity index (χ1v) is 9.88. The van der Waals surface area contributed by atoms with Crippen LogP contribution in [0.2, 0.25) is 5.02 Å². The smallest absolute Gasteiger partial charge is 0.253 e. The average Bonchev–Trinajstić information content (AvgIpc) is 2.74. The molecule has 3 aromatic rings. The standard InChI is InChI=1S/C23H23ClN2O3/c1-2-13-29-20-10-7-17(8-11-20)14-25-23(28)19-9-12-22(27)26(16-19)15-18-5-3-4-6-21(18)24/h3-12,16H,2,13-15H2,1H3,(H,25,28). The first-order chi connectivity index (χ1) is 14.1. The number of carbonyl (C=O) groups is 1. The van der Waals surface area contributed by atoms with E-state index in [-0.39, 0.29) is 11.5 Å². The Labute approximate surface area is 174 Å². The van der Waals surface area contributed by atoms with E-state index in [0.717, 1.165) is 23.3 Å². The number of nitrogens with one attached hydrogen (secondary N) is 1. The van der Waals surface area contributed by atoms with Gasteiger partial charge >= 0.3 is 0 Å². The van der Waals surface area contributed by atoms with Crippen molar-refractivity contribution in [2.75, 3.05) is 6.61 Å². The number of pyridine rings is 1. The van der Waals surface area contributed by atoms with E-state index in [0.29, 0.717) is 30.3 Å². The molecule has 1 aromatic heterocycles. The third kappa shape index (κ3) is 5.72. The van der Waals surface area contributed by atoms with Crippen molar-refractivity contribution >= 4 is 17.5 Å². The van der Waals surface area contributed by atoms with Gasteiger partial charge in [0.15, 0.2) is 0 Å². The number of benzene rings is 2. The largest absolute Gasteiger partial charge is 0.494 e. The van der Waals surface area contributed by atoms with E-state index in [1.54, 1.807) is 12.3 Å². The molecule has 1 N–H and O–H groups in total. The van der Waals surface area contributed by atoms with E-state index < -0.39 is 0 Å². The number of halogens is 1. The molecule has 1 amide bonds. The van der Waals surface area contributed by atoms with Gasteiger partial charge in [-0.2, -0.15) is 0 Å². The fourth-order valence-electron chi connectivity index (χ4n) is 2.81. The van der Waals surface area contributed by atoms with Crippen molar-refractivity contribution in [2.45, 2.75) is 26.4 Å². The van der Waals surface area contributed by atoms with E-state index in [9.17, 15) is 9.59 Å². The minimum Gasteiger partial charge on any atom is -0.494 e. The van der Waals surface area contributed by atoms with Crippen LogP contribution in [0.25, 0.3) is 0 Å². The number of ether oxygens (including phenoxy) is 1. The average molecular weight is 411 g/mol. The Kier molecular flexibility index (Phi) is 7.09. The van der Waals surface area contributed by atoms with Crippen molar-refractivity contribution in [3.8, 4) is 5.75 Å². The second-order valence-corrected chi connectivity index (χ2v) is 7.06. The van der Waals surface area contributed by atoms with Gasteiger partial charge in [-0.15, -0.1) is 0 Å². The molecule has 29 heavy (non-hydrogen) atoms. The predicted octanol–water partition coefficient (Wildman–Crippen LogP) is 4.27. The van der Waals surface area contributed by atoms with Crippen LogP contribution in [-0.4, -0.2) is 17.1 Å². The normalized spacial score (nSPS) is 10.6. The molecule has 0 bridgehead atoms. The van der Waals surface area contributed by atoms with E-state index in [1.165, 1.54) is 16.7 Å². The van der Waals surface area contributed by atoms with Crippen LogP contribution < -0.4 is 15.6 Å². The third-order valence-corrected chi connectivity index (χ3v) is 4.76. The van der Waals surface area contributed by atoms with Crippen molar-refractivity contribution in [1.29, 1.82) is 0 Å². The van der Waals surface area contributed by atoms with Gasteiger partial charge in [0.1, 0.15) is 5.75 Å². The summed E-state index contributed by atoms with van der Waals surface area (Å²) in [6.07, 6.45) is 2.51. The molecule has 0 aliphatic heterocycles. The van der Waals surface area contributed by atoms with Crippen LogP contribution in [0.5, 0.6) is 5.75 Å². The highest BCUT2D eigenvalue weighted by Crippen LogP contribution is 2.16. The number of hydrogen-bond donors (Lipinski definition) is 1. The Balaban J connectivity index is 1.65. The van der Waals surface area contributed by atoms with Gasteiger partial charge in [0.25, 0.3) is 11.5 Å².